The largest absolute Gasteiger partial charge is 0.426 e. The molecule has 158 valence electrons. The quantitative estimate of drug-likeness (QED) is 0.564. The van der Waals surface area contributed by atoms with Gasteiger partial charge in [0.25, 0.3) is 6.01 Å². The van der Waals surface area contributed by atoms with Gasteiger partial charge in [-0.05, 0) is 53.8 Å². The van der Waals surface area contributed by atoms with Gasteiger partial charge in [0.2, 0.25) is 0 Å². The third-order valence-electron chi connectivity index (χ3n) is 5.44. The summed E-state index contributed by atoms with van der Waals surface area (Å²) in [6.07, 6.45) is 20.9. The fourth-order valence-electron chi connectivity index (χ4n) is 3.76. The topological polar surface area (TPSA) is 63.9 Å². The van der Waals surface area contributed by atoms with Gasteiger partial charge in [0.1, 0.15) is 5.75 Å². The molecule has 3 N–H and O–H groups in total. The average Bonchev–Trinajstić information content (AvgIpc) is 2.90. The van der Waals surface area contributed by atoms with E-state index in [9.17, 15) is 0 Å². The van der Waals surface area contributed by atoms with E-state index in [1.807, 2.05) is 36.5 Å². The van der Waals surface area contributed by atoms with Gasteiger partial charge in [0, 0.05) is 35.8 Å². The van der Waals surface area contributed by atoms with Crippen LogP contribution in [0.25, 0.3) is 0 Å². The van der Waals surface area contributed by atoms with Crippen molar-refractivity contribution in [1.82, 2.24) is 9.97 Å². The Labute approximate surface area is 188 Å². The maximum Gasteiger partial charge on any atom is 0.298 e. The molecule has 2 aliphatic rings. The summed E-state index contributed by atoms with van der Waals surface area (Å²) < 4.78 is 5.87. The van der Waals surface area contributed by atoms with Gasteiger partial charge in [0.15, 0.2) is 0 Å². The van der Waals surface area contributed by atoms with Crippen LogP contribution < -0.4 is 10.5 Å². The number of rotatable bonds is 5. The zero-order chi connectivity index (χ0) is 21.5. The lowest BCUT2D eigenvalue weighted by Crippen LogP contribution is -2.05. The molecule has 0 spiro atoms. The molecule has 4 nitrogen and oxygen atoms in total. The molecule has 31 heavy (non-hydrogen) atoms. The summed E-state index contributed by atoms with van der Waals surface area (Å²) in [4.78, 5) is 7.47. The van der Waals surface area contributed by atoms with Crippen LogP contribution in [0.3, 0.4) is 0 Å². The molecule has 0 bridgehead atoms. The summed E-state index contributed by atoms with van der Waals surface area (Å²) in [7, 11) is 0. The van der Waals surface area contributed by atoms with Crippen molar-refractivity contribution >= 4 is 11.6 Å². The highest BCUT2D eigenvalue weighted by Crippen LogP contribution is 2.34. The van der Waals surface area contributed by atoms with Crippen LogP contribution >= 0.6 is 11.6 Å². The van der Waals surface area contributed by atoms with E-state index in [4.69, 9.17) is 22.1 Å². The van der Waals surface area contributed by atoms with Crippen LogP contribution in [0.1, 0.15) is 29.9 Å². The summed E-state index contributed by atoms with van der Waals surface area (Å²) in [5.41, 5.74) is 9.11. The van der Waals surface area contributed by atoms with Crippen molar-refractivity contribution in [3.05, 3.63) is 113 Å². The molecule has 4 rings (SSSR count). The Morgan fingerprint density at radius 3 is 2.81 bits per heavy atom. The predicted octanol–water partition coefficient (Wildman–Crippen LogP) is 6.54. The van der Waals surface area contributed by atoms with E-state index < -0.39 is 0 Å². The van der Waals surface area contributed by atoms with Gasteiger partial charge in [-0.1, -0.05) is 66.3 Å². The van der Waals surface area contributed by atoms with Crippen molar-refractivity contribution in [2.75, 3.05) is 0 Å². The molecule has 0 saturated heterocycles. The van der Waals surface area contributed by atoms with Crippen LogP contribution in [-0.2, 0) is 6.54 Å². The van der Waals surface area contributed by atoms with Gasteiger partial charge in [-0.15, -0.1) is 0 Å². The van der Waals surface area contributed by atoms with Crippen LogP contribution in [0.5, 0.6) is 11.8 Å². The number of nitrogens with two attached hydrogens (primary N) is 1. The Hall–Kier alpha value is -3.08. The first-order valence-corrected chi connectivity index (χ1v) is 10.9. The van der Waals surface area contributed by atoms with E-state index in [2.05, 4.69) is 52.5 Å². The molecule has 0 aliphatic heterocycles. The number of H-pyrrole nitrogens is 1. The van der Waals surface area contributed by atoms with E-state index in [0.717, 1.165) is 24.0 Å². The molecule has 0 saturated carbocycles. The monoisotopic (exact) mass is 431 g/mol. The first-order chi connectivity index (χ1) is 15.2. The predicted molar refractivity (Wildman–Crippen MR) is 127 cm³/mol. The normalized spacial score (nSPS) is 19.6. The van der Waals surface area contributed by atoms with E-state index in [1.54, 1.807) is 12.3 Å². The maximum atomic E-state index is 6.61. The number of allylic oxidation sites excluding steroid dienone is 8. The number of halogens is 1. The molecule has 1 heterocycles. The second kappa shape index (κ2) is 10.3. The third-order valence-corrected chi connectivity index (χ3v) is 5.79. The zero-order valence-corrected chi connectivity index (χ0v) is 18.0. The van der Waals surface area contributed by atoms with E-state index >= 15 is 0 Å². The first-order valence-electron chi connectivity index (χ1n) is 10.5. The molecule has 2 aliphatic carbocycles. The highest BCUT2D eigenvalue weighted by Gasteiger charge is 2.17. The van der Waals surface area contributed by atoms with Crippen LogP contribution in [0.15, 0.2) is 96.9 Å². The highest BCUT2D eigenvalue weighted by molar-refractivity contribution is 6.31. The van der Waals surface area contributed by atoms with Gasteiger partial charge in [-0.2, -0.15) is 0 Å². The molecular formula is C26H26ClN3O. The maximum absolute atomic E-state index is 6.61. The number of nitrogens with zero attached hydrogens (tertiary/aromatic N) is 1. The second-order valence-corrected chi connectivity index (χ2v) is 7.95. The minimum Gasteiger partial charge on any atom is -0.426 e. The molecule has 2 unspecified atom stereocenters. The van der Waals surface area contributed by atoms with Crippen LogP contribution in [-0.4, -0.2) is 9.97 Å². The van der Waals surface area contributed by atoms with Crippen molar-refractivity contribution in [3.63, 3.8) is 0 Å². The molecular weight excluding hydrogens is 406 g/mol. The Balaban J connectivity index is 1.52. The number of hydrogen-bond acceptors (Lipinski definition) is 3. The van der Waals surface area contributed by atoms with Gasteiger partial charge in [-0.25, -0.2) is 4.98 Å². The Morgan fingerprint density at radius 1 is 1.10 bits per heavy atom. The molecule has 2 atom stereocenters. The first kappa shape index (κ1) is 21.2. The molecule has 1 aromatic heterocycles. The lowest BCUT2D eigenvalue weighted by molar-refractivity contribution is 0.442. The summed E-state index contributed by atoms with van der Waals surface area (Å²) in [6, 6.07) is 11.8. The minimum absolute atomic E-state index is 0.214. The van der Waals surface area contributed by atoms with Crippen LogP contribution in [0.2, 0.25) is 5.02 Å². The van der Waals surface area contributed by atoms with E-state index in [-0.39, 0.29) is 5.92 Å². The summed E-state index contributed by atoms with van der Waals surface area (Å²) >= 11 is 6.61. The van der Waals surface area contributed by atoms with Crippen molar-refractivity contribution < 1.29 is 4.74 Å². The molecule has 2 aromatic rings. The number of aromatic nitrogens is 2. The molecule has 0 radical (unpaired) electrons. The third kappa shape index (κ3) is 5.54. The van der Waals surface area contributed by atoms with Crippen LogP contribution in [0, 0.1) is 5.92 Å². The average molecular weight is 432 g/mol. The Morgan fingerprint density at radius 2 is 2.03 bits per heavy atom. The van der Waals surface area contributed by atoms with Crippen molar-refractivity contribution in [2.24, 2.45) is 11.7 Å². The highest BCUT2D eigenvalue weighted by atomic mass is 35.5. The number of hydrogen-bond donors (Lipinski definition) is 2. The smallest absolute Gasteiger partial charge is 0.298 e. The second-order valence-electron chi connectivity index (χ2n) is 7.55. The molecule has 5 heteroatoms. The molecule has 1 aromatic carbocycles. The Bertz CT molecular complexity index is 1100. The Kier molecular flexibility index (Phi) is 7.03. The van der Waals surface area contributed by atoms with Crippen molar-refractivity contribution in [3.8, 4) is 11.8 Å². The van der Waals surface area contributed by atoms with Gasteiger partial charge < -0.3 is 15.5 Å². The fraction of sp³-hybridized carbons (Fsp3) is 0.192. The van der Waals surface area contributed by atoms with Gasteiger partial charge >= 0.3 is 0 Å². The number of aromatic amines is 1. The molecule has 0 amide bonds. The van der Waals surface area contributed by atoms with Crippen molar-refractivity contribution in [1.29, 1.82) is 0 Å². The standard InChI is InChI=1S/C26H26ClN3O/c27-25-14-16-30-26(31-23-8-4-5-19(17-23)18-28)29-15-13-24(25)22-11-9-21(10-12-22)20-6-2-1-3-7-20/h1-6,8-11,13-17,20,22H,7,12,18,28H2,(H,29,30). The van der Waals surface area contributed by atoms with E-state index in [1.165, 1.54) is 5.57 Å². The number of nitrogens with one attached hydrogen (secondary N) is 1. The van der Waals surface area contributed by atoms with E-state index in [0.29, 0.717) is 29.2 Å². The molecule has 0 fully saturated rings. The summed E-state index contributed by atoms with van der Waals surface area (Å²) in [5.74, 6) is 1.36. The summed E-state index contributed by atoms with van der Waals surface area (Å²) in [6.45, 7) is 0.457. The van der Waals surface area contributed by atoms with Crippen LogP contribution in [0.4, 0.5) is 0 Å². The van der Waals surface area contributed by atoms with Gasteiger partial charge in [0.05, 0.1) is 0 Å². The van der Waals surface area contributed by atoms with Gasteiger partial charge in [-0.3, -0.25) is 0 Å². The SMILES string of the molecule is NCc1cccc(Oc2nccc(Cl)c(C3C=CC(C4C=CC=CC4)=CC3)cc[nH]2)c1. The lowest BCUT2D eigenvalue weighted by Gasteiger charge is -2.21. The number of ether oxygens (including phenoxy) is 1. The number of benzene rings is 1. The van der Waals surface area contributed by atoms with Crippen molar-refractivity contribution in [2.45, 2.75) is 25.3 Å². The summed E-state index contributed by atoms with van der Waals surface area (Å²) in [5, 5.41) is 0.667. The lowest BCUT2D eigenvalue weighted by atomic mass is 9.84. The minimum atomic E-state index is 0.214. The fourth-order valence-corrected chi connectivity index (χ4v) is 4.02. The zero-order valence-electron chi connectivity index (χ0n) is 17.2.